The summed E-state index contributed by atoms with van der Waals surface area (Å²) in [6, 6.07) is 7.80. The van der Waals surface area contributed by atoms with E-state index in [4.69, 9.17) is 9.47 Å². The van der Waals surface area contributed by atoms with Gasteiger partial charge in [0, 0.05) is 35.6 Å². The third-order valence-corrected chi connectivity index (χ3v) is 4.52. The summed E-state index contributed by atoms with van der Waals surface area (Å²) in [5.41, 5.74) is 1.97. The molecule has 1 unspecified atom stereocenters. The second kappa shape index (κ2) is 6.84. The molecule has 0 aliphatic carbocycles. The van der Waals surface area contributed by atoms with E-state index in [1.165, 1.54) is 18.2 Å². The molecule has 1 amide bonds. The Morgan fingerprint density at radius 3 is 3.00 bits per heavy atom. The van der Waals surface area contributed by atoms with Gasteiger partial charge in [0.1, 0.15) is 17.6 Å². The highest BCUT2D eigenvalue weighted by Crippen LogP contribution is 2.38. The number of carbonyl (C=O) groups is 1. The number of benzene rings is 2. The molecule has 0 spiro atoms. The molecule has 0 saturated heterocycles. The molecule has 2 heterocycles. The molecule has 1 aliphatic rings. The van der Waals surface area contributed by atoms with Crippen LogP contribution in [-0.2, 0) is 6.42 Å². The molecule has 1 atom stereocenters. The van der Waals surface area contributed by atoms with Crippen LogP contribution in [0.25, 0.3) is 10.9 Å². The average Bonchev–Trinajstić information content (AvgIpc) is 3.23. The van der Waals surface area contributed by atoms with Crippen LogP contribution in [0.4, 0.5) is 11.4 Å². The maximum Gasteiger partial charge on any atom is 0.276 e. The number of H-pyrrole nitrogens is 1. The first-order valence-corrected chi connectivity index (χ1v) is 8.86. The van der Waals surface area contributed by atoms with Crippen molar-refractivity contribution in [2.75, 3.05) is 11.9 Å². The first kappa shape index (κ1) is 17.8. The smallest absolute Gasteiger partial charge is 0.276 e. The van der Waals surface area contributed by atoms with Crippen LogP contribution in [0.5, 0.6) is 11.5 Å². The fourth-order valence-electron chi connectivity index (χ4n) is 3.28. The normalized spacial score (nSPS) is 15.1. The molecular formula is C19H18N4O5. The Morgan fingerprint density at radius 2 is 2.25 bits per heavy atom. The highest BCUT2D eigenvalue weighted by atomic mass is 16.6. The van der Waals surface area contributed by atoms with Crippen molar-refractivity contribution in [3.05, 3.63) is 51.7 Å². The van der Waals surface area contributed by atoms with E-state index < -0.39 is 10.8 Å². The molecule has 2 N–H and O–H groups in total. The van der Waals surface area contributed by atoms with E-state index in [2.05, 4.69) is 15.5 Å². The summed E-state index contributed by atoms with van der Waals surface area (Å²) in [6.07, 6.45) is 0.836. The lowest BCUT2D eigenvalue weighted by atomic mass is 10.1. The zero-order chi connectivity index (χ0) is 19.8. The SMILES string of the molecule is CCOc1cc2c(cc1NC(=O)c1n[nH]c3ccc([N+](=O)[O-])cc13)OC(C)C2. The number of hydrogen-bond donors (Lipinski definition) is 2. The average molecular weight is 382 g/mol. The molecule has 0 bridgehead atoms. The standard InChI is InChI=1S/C19H18N4O5/c1-3-27-17-7-11-6-10(2)28-16(11)9-15(17)20-19(24)18-13-8-12(23(25)26)4-5-14(13)21-22-18/h4-5,7-10H,3,6H2,1-2H3,(H,20,24)(H,21,22). The molecule has 144 valence electrons. The Morgan fingerprint density at radius 1 is 1.43 bits per heavy atom. The monoisotopic (exact) mass is 382 g/mol. The van der Waals surface area contributed by atoms with Crippen molar-refractivity contribution in [1.29, 1.82) is 0 Å². The molecular weight excluding hydrogens is 364 g/mol. The largest absolute Gasteiger partial charge is 0.492 e. The zero-order valence-electron chi connectivity index (χ0n) is 15.3. The second-order valence-electron chi connectivity index (χ2n) is 6.54. The van der Waals surface area contributed by atoms with Gasteiger partial charge < -0.3 is 14.8 Å². The number of nitro benzene ring substituents is 1. The van der Waals surface area contributed by atoms with Crippen molar-refractivity contribution >= 4 is 28.2 Å². The summed E-state index contributed by atoms with van der Waals surface area (Å²) < 4.78 is 11.4. The van der Waals surface area contributed by atoms with Crippen LogP contribution in [0, 0.1) is 10.1 Å². The lowest BCUT2D eigenvalue weighted by molar-refractivity contribution is -0.384. The predicted molar refractivity (Wildman–Crippen MR) is 102 cm³/mol. The number of anilines is 1. The van der Waals surface area contributed by atoms with Gasteiger partial charge >= 0.3 is 0 Å². The second-order valence-corrected chi connectivity index (χ2v) is 6.54. The quantitative estimate of drug-likeness (QED) is 0.515. The van der Waals surface area contributed by atoms with Crippen LogP contribution in [0.15, 0.2) is 30.3 Å². The fraction of sp³-hybridized carbons (Fsp3) is 0.263. The molecule has 1 aliphatic heterocycles. The lowest BCUT2D eigenvalue weighted by Gasteiger charge is -2.13. The van der Waals surface area contributed by atoms with Crippen molar-refractivity contribution < 1.29 is 19.2 Å². The fourth-order valence-corrected chi connectivity index (χ4v) is 3.28. The van der Waals surface area contributed by atoms with E-state index in [9.17, 15) is 14.9 Å². The summed E-state index contributed by atoms with van der Waals surface area (Å²) >= 11 is 0. The number of nitrogens with zero attached hydrogens (tertiary/aromatic N) is 2. The third-order valence-electron chi connectivity index (χ3n) is 4.52. The molecule has 9 nitrogen and oxygen atoms in total. The first-order valence-electron chi connectivity index (χ1n) is 8.86. The number of ether oxygens (including phenoxy) is 2. The molecule has 28 heavy (non-hydrogen) atoms. The molecule has 0 fully saturated rings. The predicted octanol–water partition coefficient (Wildman–Crippen LogP) is 3.45. The lowest BCUT2D eigenvalue weighted by Crippen LogP contribution is -2.14. The maximum absolute atomic E-state index is 12.8. The van der Waals surface area contributed by atoms with Gasteiger partial charge in [-0.3, -0.25) is 20.0 Å². The minimum absolute atomic E-state index is 0.0614. The van der Waals surface area contributed by atoms with Gasteiger partial charge in [-0.05, 0) is 26.0 Å². The van der Waals surface area contributed by atoms with Crippen LogP contribution in [0.3, 0.4) is 0 Å². The van der Waals surface area contributed by atoms with Gasteiger partial charge in [-0.2, -0.15) is 5.10 Å². The maximum atomic E-state index is 12.8. The highest BCUT2D eigenvalue weighted by Gasteiger charge is 2.24. The van der Waals surface area contributed by atoms with Crippen LogP contribution in [0.1, 0.15) is 29.9 Å². The zero-order valence-corrected chi connectivity index (χ0v) is 15.3. The van der Waals surface area contributed by atoms with Crippen molar-refractivity contribution in [3.63, 3.8) is 0 Å². The van der Waals surface area contributed by atoms with E-state index in [0.717, 1.165) is 12.0 Å². The summed E-state index contributed by atoms with van der Waals surface area (Å²) in [5, 5.41) is 20.9. The van der Waals surface area contributed by atoms with E-state index in [-0.39, 0.29) is 17.5 Å². The van der Waals surface area contributed by atoms with Crippen LogP contribution in [-0.4, -0.2) is 33.7 Å². The van der Waals surface area contributed by atoms with Gasteiger partial charge in [0.2, 0.25) is 0 Å². The molecule has 4 rings (SSSR count). The van der Waals surface area contributed by atoms with E-state index in [1.54, 1.807) is 6.07 Å². The minimum Gasteiger partial charge on any atom is -0.492 e. The number of aromatic amines is 1. The molecule has 9 heteroatoms. The van der Waals surface area contributed by atoms with Crippen LogP contribution < -0.4 is 14.8 Å². The number of nitro groups is 1. The number of amides is 1. The Kier molecular flexibility index (Phi) is 4.34. The van der Waals surface area contributed by atoms with Crippen LogP contribution in [0.2, 0.25) is 0 Å². The van der Waals surface area contributed by atoms with E-state index in [1.807, 2.05) is 19.9 Å². The number of nitrogens with one attached hydrogen (secondary N) is 2. The summed E-state index contributed by atoms with van der Waals surface area (Å²) in [4.78, 5) is 23.4. The summed E-state index contributed by atoms with van der Waals surface area (Å²) in [5.74, 6) is 0.741. The Labute approximate surface area is 159 Å². The molecule has 2 aromatic carbocycles. The summed E-state index contributed by atoms with van der Waals surface area (Å²) in [6.45, 7) is 4.27. The number of non-ortho nitro benzene ring substituents is 1. The number of rotatable bonds is 5. The van der Waals surface area contributed by atoms with Crippen molar-refractivity contribution in [1.82, 2.24) is 10.2 Å². The molecule has 0 radical (unpaired) electrons. The number of carbonyl (C=O) groups excluding carboxylic acids is 1. The Balaban J connectivity index is 1.69. The Hall–Kier alpha value is -3.62. The van der Waals surface area contributed by atoms with Gasteiger partial charge in [0.15, 0.2) is 5.69 Å². The topological polar surface area (TPSA) is 119 Å². The minimum atomic E-state index is -0.514. The van der Waals surface area contributed by atoms with Crippen LogP contribution >= 0.6 is 0 Å². The third kappa shape index (κ3) is 3.11. The van der Waals surface area contributed by atoms with Gasteiger partial charge in [0.25, 0.3) is 11.6 Å². The van der Waals surface area contributed by atoms with Crippen molar-refractivity contribution in [3.8, 4) is 11.5 Å². The van der Waals surface area contributed by atoms with Crippen molar-refractivity contribution in [2.45, 2.75) is 26.4 Å². The van der Waals surface area contributed by atoms with Gasteiger partial charge in [-0.15, -0.1) is 0 Å². The van der Waals surface area contributed by atoms with Crippen molar-refractivity contribution in [2.24, 2.45) is 0 Å². The van der Waals surface area contributed by atoms with Gasteiger partial charge in [-0.1, -0.05) is 0 Å². The molecule has 3 aromatic rings. The summed E-state index contributed by atoms with van der Waals surface area (Å²) in [7, 11) is 0. The Bertz CT molecular complexity index is 1090. The number of fused-ring (bicyclic) bond motifs is 2. The van der Waals surface area contributed by atoms with E-state index >= 15 is 0 Å². The van der Waals surface area contributed by atoms with E-state index in [0.29, 0.717) is 34.7 Å². The number of aromatic nitrogens is 2. The number of hydrogen-bond acceptors (Lipinski definition) is 6. The van der Waals surface area contributed by atoms with Gasteiger partial charge in [-0.25, -0.2) is 0 Å². The molecule has 1 aromatic heterocycles. The molecule has 0 saturated carbocycles. The first-order chi connectivity index (χ1) is 13.5. The highest BCUT2D eigenvalue weighted by molar-refractivity contribution is 6.12. The van der Waals surface area contributed by atoms with Gasteiger partial charge in [0.05, 0.1) is 22.7 Å².